The number of aromatic nitrogens is 2. The predicted molar refractivity (Wildman–Crippen MR) is 156 cm³/mol. The molecule has 2 amide bonds. The molecule has 0 bridgehead atoms. The van der Waals surface area contributed by atoms with Crippen LogP contribution in [-0.4, -0.2) is 71.0 Å². The van der Waals surface area contributed by atoms with E-state index in [1.165, 1.54) is 0 Å². The molecule has 2 heterocycles. The Morgan fingerprint density at radius 1 is 1.07 bits per heavy atom. The number of benzene rings is 1. The van der Waals surface area contributed by atoms with Gasteiger partial charge >= 0.3 is 18.3 Å². The summed E-state index contributed by atoms with van der Waals surface area (Å²) in [6.07, 6.45) is -0.656. The Morgan fingerprint density at radius 2 is 1.78 bits per heavy atom. The number of thiocarbonyl (C=S) groups is 1. The van der Waals surface area contributed by atoms with Gasteiger partial charge in [0.25, 0.3) is 5.88 Å². The zero-order valence-corrected chi connectivity index (χ0v) is 24.8. The molecule has 0 saturated carbocycles. The lowest BCUT2D eigenvalue weighted by atomic mass is 10.1. The average molecular weight is 591 g/mol. The molecule has 1 fully saturated rings. The van der Waals surface area contributed by atoms with Gasteiger partial charge in [0.05, 0.1) is 19.8 Å². The van der Waals surface area contributed by atoms with Crippen LogP contribution in [0.15, 0.2) is 30.3 Å². The van der Waals surface area contributed by atoms with E-state index in [9.17, 15) is 14.4 Å². The Hall–Kier alpha value is -4.07. The van der Waals surface area contributed by atoms with Gasteiger partial charge < -0.3 is 34.5 Å². The molecule has 1 saturated heterocycles. The number of carbonyl (C=O) groups excluding carboxylic acids is 3. The summed E-state index contributed by atoms with van der Waals surface area (Å²) >= 11 is 5.28. The summed E-state index contributed by atoms with van der Waals surface area (Å²) in [6, 6.07) is 9.35. The lowest BCUT2D eigenvalue weighted by Crippen LogP contribution is -2.49. The van der Waals surface area contributed by atoms with Gasteiger partial charge in [-0.05, 0) is 65.2 Å². The van der Waals surface area contributed by atoms with Crippen LogP contribution < -0.4 is 25.6 Å². The van der Waals surface area contributed by atoms with Crippen molar-refractivity contribution in [3.8, 4) is 5.88 Å². The number of rotatable bonds is 8. The van der Waals surface area contributed by atoms with Crippen LogP contribution in [0.5, 0.6) is 5.88 Å². The third kappa shape index (κ3) is 9.81. The van der Waals surface area contributed by atoms with Crippen LogP contribution in [0.1, 0.15) is 53.0 Å². The molecule has 0 aliphatic carbocycles. The lowest BCUT2D eigenvalue weighted by Gasteiger charge is -2.34. The largest absolute Gasteiger partial charge is 0.515 e. The maximum Gasteiger partial charge on any atom is 0.515 e. The zero-order chi connectivity index (χ0) is 30.0. The normalized spacial score (nSPS) is 15.0. The molecule has 1 aliphatic heterocycles. The van der Waals surface area contributed by atoms with E-state index in [0.29, 0.717) is 19.0 Å². The second-order valence-electron chi connectivity index (χ2n) is 10.2. The molecule has 1 aromatic heterocycles. The molecule has 1 unspecified atom stereocenters. The Bertz CT molecular complexity index is 1210. The second-order valence-corrected chi connectivity index (χ2v) is 10.6. The van der Waals surface area contributed by atoms with Crippen LogP contribution in [0.4, 0.5) is 26.1 Å². The number of nitrogens with zero attached hydrogens (tertiary/aromatic N) is 3. The standard InChI is InChI=1S/C27H38N6O7S/c1-6-37-24(34)31-22(41)29-20-21(39-26(36)38-7-2)33(16-18-12-9-8-10-13-18)23(30-20)32-15-11-14-19(17-32)28-25(35)40-27(3,4)5/h8-10,12-13,19H,6-7,11,14-17H2,1-5H3,(H,28,35)(H2,29,31,34,41). The number of carbonyl (C=O) groups is 3. The maximum absolute atomic E-state index is 12.5. The number of anilines is 2. The summed E-state index contributed by atoms with van der Waals surface area (Å²) in [6.45, 7) is 10.4. The number of piperidine rings is 1. The molecule has 0 radical (unpaired) electrons. The molecule has 0 spiro atoms. The number of hydrogen-bond donors (Lipinski definition) is 3. The predicted octanol–water partition coefficient (Wildman–Crippen LogP) is 4.40. The summed E-state index contributed by atoms with van der Waals surface area (Å²) in [5.41, 5.74) is 0.291. The van der Waals surface area contributed by atoms with Gasteiger partial charge in [-0.3, -0.25) is 9.88 Å². The highest BCUT2D eigenvalue weighted by atomic mass is 32.1. The molecule has 3 rings (SSSR count). The first-order valence-corrected chi connectivity index (χ1v) is 13.9. The Kier molecular flexibility index (Phi) is 11.1. The summed E-state index contributed by atoms with van der Waals surface area (Å²) in [5.74, 6) is 0.593. The molecule has 3 N–H and O–H groups in total. The van der Waals surface area contributed by atoms with E-state index in [-0.39, 0.29) is 42.6 Å². The van der Waals surface area contributed by atoms with Crippen molar-refractivity contribution in [3.05, 3.63) is 35.9 Å². The van der Waals surface area contributed by atoms with E-state index in [2.05, 4.69) is 16.0 Å². The van der Waals surface area contributed by atoms with Gasteiger partial charge in [-0.15, -0.1) is 0 Å². The fourth-order valence-corrected chi connectivity index (χ4v) is 4.32. The van der Waals surface area contributed by atoms with Crippen LogP contribution in [0.3, 0.4) is 0 Å². The van der Waals surface area contributed by atoms with Crippen molar-refractivity contribution < 1.29 is 33.3 Å². The van der Waals surface area contributed by atoms with Gasteiger partial charge in [-0.2, -0.15) is 4.98 Å². The van der Waals surface area contributed by atoms with Gasteiger partial charge in [0, 0.05) is 19.1 Å². The van der Waals surface area contributed by atoms with Gasteiger partial charge in [-0.25, -0.2) is 14.4 Å². The zero-order valence-electron chi connectivity index (χ0n) is 24.0. The van der Waals surface area contributed by atoms with Crippen LogP contribution in [-0.2, 0) is 20.8 Å². The highest BCUT2D eigenvalue weighted by Crippen LogP contribution is 2.33. The number of alkyl carbamates (subject to hydrolysis) is 2. The third-order valence-corrected chi connectivity index (χ3v) is 5.88. The van der Waals surface area contributed by atoms with Crippen LogP contribution in [0, 0.1) is 0 Å². The average Bonchev–Trinajstić information content (AvgIpc) is 3.20. The molecule has 224 valence electrons. The number of nitrogens with one attached hydrogen (secondary N) is 3. The molecule has 2 aromatic rings. The van der Waals surface area contributed by atoms with Gasteiger partial charge in [0.15, 0.2) is 10.9 Å². The minimum Gasteiger partial charge on any atom is -0.450 e. The molecule has 13 nitrogen and oxygen atoms in total. The molecule has 1 atom stereocenters. The van der Waals surface area contributed by atoms with Crippen LogP contribution >= 0.6 is 12.2 Å². The van der Waals surface area contributed by atoms with Crippen molar-refractivity contribution in [3.63, 3.8) is 0 Å². The first-order valence-electron chi connectivity index (χ1n) is 13.5. The SMILES string of the molecule is CCOC(=O)NC(=S)Nc1nc(N2CCCC(NC(=O)OC(C)(C)C)C2)n(Cc2ccccc2)c1OC(=O)OCC. The first kappa shape index (κ1) is 31.5. The van der Waals surface area contributed by atoms with Gasteiger partial charge in [0.2, 0.25) is 5.95 Å². The Morgan fingerprint density at radius 3 is 2.44 bits per heavy atom. The third-order valence-electron chi connectivity index (χ3n) is 5.67. The minimum atomic E-state index is -0.927. The molecular formula is C27H38N6O7S. The highest BCUT2D eigenvalue weighted by Gasteiger charge is 2.31. The van der Waals surface area contributed by atoms with Crippen molar-refractivity contribution in [1.29, 1.82) is 0 Å². The fourth-order valence-electron chi connectivity index (χ4n) is 4.14. The molecule has 41 heavy (non-hydrogen) atoms. The molecule has 1 aromatic carbocycles. The van der Waals surface area contributed by atoms with Crippen molar-refractivity contribution in [2.45, 2.75) is 65.6 Å². The topological polar surface area (TPSA) is 145 Å². The second kappa shape index (κ2) is 14.5. The van der Waals surface area contributed by atoms with E-state index in [1.54, 1.807) is 39.2 Å². The number of hydrogen-bond acceptors (Lipinski definition) is 10. The quantitative estimate of drug-likeness (QED) is 0.228. The van der Waals surface area contributed by atoms with E-state index in [4.69, 9.17) is 36.1 Å². The van der Waals surface area contributed by atoms with Crippen molar-refractivity contribution >= 4 is 47.4 Å². The van der Waals surface area contributed by atoms with E-state index in [1.807, 2.05) is 35.2 Å². The Labute approximate surface area is 244 Å². The summed E-state index contributed by atoms with van der Waals surface area (Å²) in [4.78, 5) is 43.6. The van der Waals surface area contributed by atoms with Crippen LogP contribution in [0.25, 0.3) is 0 Å². The smallest absolute Gasteiger partial charge is 0.450 e. The molecule has 14 heteroatoms. The Balaban J connectivity index is 1.97. The lowest BCUT2D eigenvalue weighted by molar-refractivity contribution is 0.0499. The van der Waals surface area contributed by atoms with Crippen molar-refractivity contribution in [1.82, 2.24) is 20.2 Å². The maximum atomic E-state index is 12.5. The van der Waals surface area contributed by atoms with E-state index >= 15 is 0 Å². The number of amides is 2. The van der Waals surface area contributed by atoms with Gasteiger partial charge in [0.1, 0.15) is 5.60 Å². The summed E-state index contributed by atoms with van der Waals surface area (Å²) in [7, 11) is 0. The van der Waals surface area contributed by atoms with E-state index < -0.39 is 23.9 Å². The number of imidazole rings is 1. The van der Waals surface area contributed by atoms with Crippen molar-refractivity contribution in [2.24, 2.45) is 0 Å². The highest BCUT2D eigenvalue weighted by molar-refractivity contribution is 7.80. The molecular weight excluding hydrogens is 552 g/mol. The number of ether oxygens (including phenoxy) is 4. The van der Waals surface area contributed by atoms with E-state index in [0.717, 1.165) is 18.4 Å². The monoisotopic (exact) mass is 590 g/mol. The fraction of sp³-hybridized carbons (Fsp3) is 0.519. The molecule has 1 aliphatic rings. The minimum absolute atomic E-state index is 0.0394. The van der Waals surface area contributed by atoms with Crippen molar-refractivity contribution in [2.75, 3.05) is 36.5 Å². The summed E-state index contributed by atoms with van der Waals surface area (Å²) in [5, 5.41) is 8.08. The van der Waals surface area contributed by atoms with Gasteiger partial charge in [-0.1, -0.05) is 30.3 Å². The summed E-state index contributed by atoms with van der Waals surface area (Å²) < 4.78 is 22.7. The first-order chi connectivity index (χ1) is 19.5. The van der Waals surface area contributed by atoms with Crippen LogP contribution in [0.2, 0.25) is 0 Å².